The van der Waals surface area contributed by atoms with E-state index in [0.29, 0.717) is 22.7 Å². The summed E-state index contributed by atoms with van der Waals surface area (Å²) in [5.41, 5.74) is 9.21. The van der Waals surface area contributed by atoms with Crippen molar-refractivity contribution in [3.8, 4) is 5.75 Å². The van der Waals surface area contributed by atoms with E-state index in [1.165, 1.54) is 18.7 Å². The molecule has 0 radical (unpaired) electrons. The summed E-state index contributed by atoms with van der Waals surface area (Å²) in [6.07, 6.45) is 1.39. The number of para-hydroxylation sites is 2. The molecule has 0 saturated heterocycles. The second kappa shape index (κ2) is 9.48. The number of aromatic nitrogens is 1. The molecule has 4 rings (SSSR count). The number of rotatable bonds is 7. The average molecular weight is 443 g/mol. The molecule has 7 nitrogen and oxygen atoms in total. The number of nitrogens with one attached hydrogen (secondary N) is 3. The first kappa shape index (κ1) is 22.0. The Morgan fingerprint density at radius 3 is 2.45 bits per heavy atom. The number of ether oxygens (including phenoxy) is 1. The third-order valence-electron chi connectivity index (χ3n) is 5.43. The van der Waals surface area contributed by atoms with Crippen LogP contribution in [0.1, 0.15) is 24.2 Å². The Kier molecular flexibility index (Phi) is 6.31. The molecular weight excluding hydrogens is 416 g/mol. The number of amides is 2. The first-order valence-corrected chi connectivity index (χ1v) is 10.7. The molecule has 2 amide bonds. The van der Waals surface area contributed by atoms with Gasteiger partial charge < -0.3 is 20.0 Å². The zero-order chi connectivity index (χ0) is 23.4. The van der Waals surface area contributed by atoms with Gasteiger partial charge in [0.25, 0.3) is 5.91 Å². The molecule has 0 aliphatic heterocycles. The molecule has 0 bridgehead atoms. The smallest absolute Gasteiger partial charge is 0.273 e. The third-order valence-corrected chi connectivity index (χ3v) is 5.43. The number of carbonyl (C=O) groups is 2. The lowest BCUT2D eigenvalue weighted by atomic mass is 10.1. The average Bonchev–Trinajstić information content (AvgIpc) is 3.15. The Hall–Kier alpha value is -4.26. The summed E-state index contributed by atoms with van der Waals surface area (Å²) in [4.78, 5) is 24.9. The van der Waals surface area contributed by atoms with Crippen LogP contribution in [0.5, 0.6) is 5.75 Å². The van der Waals surface area contributed by atoms with Crippen LogP contribution in [0.15, 0.2) is 78.5 Å². The predicted molar refractivity (Wildman–Crippen MR) is 131 cm³/mol. The summed E-state index contributed by atoms with van der Waals surface area (Å²) < 4.78 is 7.46. The molecule has 0 aliphatic rings. The Morgan fingerprint density at radius 1 is 0.939 bits per heavy atom. The van der Waals surface area contributed by atoms with Gasteiger partial charge >= 0.3 is 0 Å². The van der Waals surface area contributed by atoms with Crippen LogP contribution in [0.4, 0.5) is 5.69 Å². The summed E-state index contributed by atoms with van der Waals surface area (Å²) in [5, 5.41) is 5.14. The first-order valence-electron chi connectivity index (χ1n) is 10.7. The number of carbonyl (C=O) groups excluding carboxylic acids is 2. The summed E-state index contributed by atoms with van der Waals surface area (Å²) in [6.45, 7) is 4.68. The van der Waals surface area contributed by atoms with Gasteiger partial charge in [-0.05, 0) is 50.2 Å². The van der Waals surface area contributed by atoms with Gasteiger partial charge in [-0.3, -0.25) is 15.0 Å². The van der Waals surface area contributed by atoms with E-state index in [9.17, 15) is 9.59 Å². The molecule has 168 valence electrons. The maximum Gasteiger partial charge on any atom is 0.273 e. The summed E-state index contributed by atoms with van der Waals surface area (Å²) >= 11 is 0. The minimum Gasteiger partial charge on any atom is -0.496 e. The van der Waals surface area contributed by atoms with Crippen LogP contribution in [0.2, 0.25) is 0 Å². The van der Waals surface area contributed by atoms with Crippen LogP contribution >= 0.6 is 0 Å². The van der Waals surface area contributed by atoms with Gasteiger partial charge in [0.05, 0.1) is 12.7 Å². The van der Waals surface area contributed by atoms with E-state index in [4.69, 9.17) is 4.74 Å². The van der Waals surface area contributed by atoms with E-state index >= 15 is 0 Å². The van der Waals surface area contributed by atoms with Crippen molar-refractivity contribution in [2.45, 2.75) is 20.4 Å². The molecule has 0 atom stereocenters. The monoisotopic (exact) mass is 442 g/mol. The van der Waals surface area contributed by atoms with Crippen LogP contribution in [0.25, 0.3) is 21.8 Å². The number of aryl methyl sites for hydroxylation is 1. The van der Waals surface area contributed by atoms with Gasteiger partial charge in [-0.1, -0.05) is 30.3 Å². The van der Waals surface area contributed by atoms with E-state index in [1.54, 1.807) is 31.2 Å². The number of anilines is 1. The van der Waals surface area contributed by atoms with Crippen molar-refractivity contribution in [2.75, 3.05) is 12.4 Å². The van der Waals surface area contributed by atoms with Gasteiger partial charge in [0, 0.05) is 45.8 Å². The third kappa shape index (κ3) is 4.52. The molecule has 0 spiro atoms. The fourth-order valence-electron chi connectivity index (χ4n) is 3.94. The van der Waals surface area contributed by atoms with Gasteiger partial charge in [0.1, 0.15) is 5.75 Å². The van der Waals surface area contributed by atoms with Crippen LogP contribution < -0.4 is 20.9 Å². The number of hydrogen-bond acceptors (Lipinski definition) is 4. The van der Waals surface area contributed by atoms with Gasteiger partial charge in [-0.2, -0.15) is 0 Å². The molecule has 3 N–H and O–H groups in total. The van der Waals surface area contributed by atoms with E-state index < -0.39 is 0 Å². The van der Waals surface area contributed by atoms with Gasteiger partial charge in [-0.15, -0.1) is 0 Å². The van der Waals surface area contributed by atoms with Crippen molar-refractivity contribution in [1.82, 2.24) is 15.4 Å². The van der Waals surface area contributed by atoms with Crippen molar-refractivity contribution in [2.24, 2.45) is 0 Å². The summed E-state index contributed by atoms with van der Waals surface area (Å²) in [5.74, 6) is -0.195. The Morgan fingerprint density at radius 2 is 1.67 bits per heavy atom. The lowest BCUT2D eigenvalue weighted by molar-refractivity contribution is -0.112. The van der Waals surface area contributed by atoms with Gasteiger partial charge in [-0.25, -0.2) is 0 Å². The quantitative estimate of drug-likeness (QED) is 0.289. The van der Waals surface area contributed by atoms with Gasteiger partial charge in [0.15, 0.2) is 0 Å². The number of methoxy groups -OCH3 is 1. The van der Waals surface area contributed by atoms with Crippen LogP contribution in [-0.2, 0) is 11.3 Å². The highest BCUT2D eigenvalue weighted by Crippen LogP contribution is 2.31. The normalized spacial score (nSPS) is 11.4. The number of benzene rings is 3. The molecule has 33 heavy (non-hydrogen) atoms. The van der Waals surface area contributed by atoms with Crippen molar-refractivity contribution in [1.29, 1.82) is 0 Å². The number of hydrazine groups is 1. The topological polar surface area (TPSA) is 84.4 Å². The maximum atomic E-state index is 12.5. The molecule has 0 fully saturated rings. The van der Waals surface area contributed by atoms with Crippen LogP contribution in [-0.4, -0.2) is 23.5 Å². The zero-order valence-corrected chi connectivity index (χ0v) is 18.8. The molecule has 1 heterocycles. The summed E-state index contributed by atoms with van der Waals surface area (Å²) in [7, 11) is 1.51. The lowest BCUT2D eigenvalue weighted by Gasteiger charge is -2.11. The summed E-state index contributed by atoms with van der Waals surface area (Å²) in [6, 6.07) is 21.1. The van der Waals surface area contributed by atoms with Crippen molar-refractivity contribution < 1.29 is 14.3 Å². The molecule has 3 aromatic carbocycles. The second-order valence-electron chi connectivity index (χ2n) is 7.59. The molecule has 4 aromatic rings. The number of allylic oxidation sites excluding steroid dienone is 1. The Balaban J connectivity index is 1.45. The highest BCUT2D eigenvalue weighted by atomic mass is 16.5. The fraction of sp³-hybridized carbons (Fsp3) is 0.154. The SMILES string of the molecule is CCn1c2ccccc2c2cc(NC(=O)C=C(C)NNC(=O)c3ccccc3OC)ccc21. The molecule has 0 saturated carbocycles. The highest BCUT2D eigenvalue weighted by molar-refractivity contribution is 6.10. The minimum atomic E-state index is -0.363. The van der Waals surface area contributed by atoms with Crippen molar-refractivity contribution >= 4 is 39.3 Å². The molecule has 7 heteroatoms. The standard InChI is InChI=1S/C26H26N4O3/c1-4-30-22-11-7-5-9-19(22)21-16-18(13-14-23(21)30)27-25(31)15-17(2)28-29-26(32)20-10-6-8-12-24(20)33-3/h5-16,28H,4H2,1-3H3,(H,27,31)(H,29,32). The van der Waals surface area contributed by atoms with Crippen molar-refractivity contribution in [3.05, 3.63) is 84.1 Å². The second-order valence-corrected chi connectivity index (χ2v) is 7.59. The van der Waals surface area contributed by atoms with Crippen LogP contribution in [0.3, 0.4) is 0 Å². The maximum absolute atomic E-state index is 12.5. The number of nitrogens with zero attached hydrogens (tertiary/aromatic N) is 1. The molecule has 0 aliphatic carbocycles. The highest BCUT2D eigenvalue weighted by Gasteiger charge is 2.12. The largest absolute Gasteiger partial charge is 0.496 e. The number of fused-ring (bicyclic) bond motifs is 3. The van der Waals surface area contributed by atoms with Crippen LogP contribution in [0, 0.1) is 0 Å². The Labute approximate surface area is 192 Å². The molecule has 0 unspecified atom stereocenters. The van der Waals surface area contributed by atoms with Crippen molar-refractivity contribution in [3.63, 3.8) is 0 Å². The van der Waals surface area contributed by atoms with Gasteiger partial charge in [0.2, 0.25) is 5.91 Å². The van der Waals surface area contributed by atoms with E-state index in [-0.39, 0.29) is 11.8 Å². The minimum absolute atomic E-state index is 0.301. The molecular formula is C26H26N4O3. The molecule has 1 aromatic heterocycles. The van der Waals surface area contributed by atoms with E-state index in [2.05, 4.69) is 39.8 Å². The Bertz CT molecular complexity index is 1370. The predicted octanol–water partition coefficient (Wildman–Crippen LogP) is 4.60. The lowest BCUT2D eigenvalue weighted by Crippen LogP contribution is -2.36. The first-order chi connectivity index (χ1) is 16.0. The fourth-order valence-corrected chi connectivity index (χ4v) is 3.94. The van der Waals surface area contributed by atoms with E-state index in [0.717, 1.165) is 22.8 Å². The van der Waals surface area contributed by atoms with E-state index in [1.807, 2.05) is 30.3 Å². The zero-order valence-electron chi connectivity index (χ0n) is 18.8. The number of hydrogen-bond donors (Lipinski definition) is 3.